The second-order valence-corrected chi connectivity index (χ2v) is 26.2. The SMILES string of the molecule is C=COC(=O)CCCC[Si](O[Si](C)(C)C)(O[Si](C)(C)C)O[Si](C)(C)C. The molecule has 25 heavy (non-hydrogen) atoms. The van der Waals surface area contributed by atoms with Crippen molar-refractivity contribution in [3.8, 4) is 0 Å². The van der Waals surface area contributed by atoms with Crippen molar-refractivity contribution in [3.63, 3.8) is 0 Å². The van der Waals surface area contributed by atoms with Crippen LogP contribution in [0.1, 0.15) is 19.3 Å². The Morgan fingerprint density at radius 3 is 1.52 bits per heavy atom. The van der Waals surface area contributed by atoms with E-state index in [1.807, 2.05) is 0 Å². The highest BCUT2D eigenvalue weighted by molar-refractivity contribution is 6.90. The normalized spacial score (nSPS) is 13.6. The Labute approximate surface area is 158 Å². The summed E-state index contributed by atoms with van der Waals surface area (Å²) in [6.45, 7) is 23.0. The number of rotatable bonds is 12. The van der Waals surface area contributed by atoms with E-state index in [0.29, 0.717) is 6.42 Å². The Hall–Kier alpha value is -0.0425. The molecule has 0 spiro atoms. The number of carbonyl (C=O) groups excluding carboxylic acids is 1. The summed E-state index contributed by atoms with van der Waals surface area (Å²) in [6, 6.07) is 0.757. The molecule has 0 radical (unpaired) electrons. The van der Waals surface area contributed by atoms with Crippen LogP contribution in [0.25, 0.3) is 0 Å². The highest BCUT2D eigenvalue weighted by Crippen LogP contribution is 2.30. The molecule has 0 aromatic rings. The van der Waals surface area contributed by atoms with Crippen molar-refractivity contribution in [1.29, 1.82) is 0 Å². The average Bonchev–Trinajstić information content (AvgIpc) is 2.28. The van der Waals surface area contributed by atoms with Crippen LogP contribution in [-0.4, -0.2) is 39.7 Å². The minimum Gasteiger partial charge on any atom is -0.435 e. The minimum absolute atomic E-state index is 0.245. The largest absolute Gasteiger partial charge is 0.469 e. The van der Waals surface area contributed by atoms with Gasteiger partial charge < -0.3 is 17.1 Å². The van der Waals surface area contributed by atoms with Crippen LogP contribution < -0.4 is 0 Å². The van der Waals surface area contributed by atoms with Crippen molar-refractivity contribution in [2.24, 2.45) is 0 Å². The molecule has 0 heterocycles. The molecule has 0 fully saturated rings. The van der Waals surface area contributed by atoms with Crippen molar-refractivity contribution in [3.05, 3.63) is 12.8 Å². The summed E-state index contributed by atoms with van der Waals surface area (Å²) in [5.41, 5.74) is 0. The van der Waals surface area contributed by atoms with E-state index in [1.54, 1.807) is 0 Å². The number of ether oxygens (including phenoxy) is 1. The van der Waals surface area contributed by atoms with Gasteiger partial charge in [-0.3, -0.25) is 4.79 Å². The standard InChI is InChI=1S/C16H38O5Si4/c1-11-18-16(17)14-12-13-15-25(19-22(2,3)4,20-23(5,6)7)21-24(8,9)10/h11H,1,12-15H2,2-10H3. The maximum atomic E-state index is 11.5. The van der Waals surface area contributed by atoms with Crippen molar-refractivity contribution in [2.75, 3.05) is 0 Å². The Morgan fingerprint density at radius 1 is 0.800 bits per heavy atom. The third-order valence-electron chi connectivity index (χ3n) is 2.71. The molecule has 0 saturated carbocycles. The second-order valence-electron chi connectivity index (χ2n) is 9.19. The van der Waals surface area contributed by atoms with Gasteiger partial charge in [0.15, 0.2) is 25.0 Å². The summed E-state index contributed by atoms with van der Waals surface area (Å²) in [4.78, 5) is 11.5. The van der Waals surface area contributed by atoms with Crippen LogP contribution in [0, 0.1) is 0 Å². The molecule has 0 aromatic heterocycles. The molecule has 0 aliphatic carbocycles. The monoisotopic (exact) mass is 422 g/mol. The zero-order valence-corrected chi connectivity index (χ0v) is 21.7. The molecule has 0 amide bonds. The topological polar surface area (TPSA) is 54.0 Å². The number of hydrogen-bond donors (Lipinski definition) is 0. The molecule has 5 nitrogen and oxygen atoms in total. The van der Waals surface area contributed by atoms with Crippen LogP contribution in [-0.2, 0) is 21.9 Å². The van der Waals surface area contributed by atoms with E-state index in [2.05, 4.69) is 65.5 Å². The number of carbonyl (C=O) groups is 1. The highest BCUT2D eigenvalue weighted by Gasteiger charge is 2.49. The number of hydrogen-bond acceptors (Lipinski definition) is 5. The fourth-order valence-corrected chi connectivity index (χ4v) is 17.1. The summed E-state index contributed by atoms with van der Waals surface area (Å²) >= 11 is 0. The van der Waals surface area contributed by atoms with Gasteiger partial charge in [-0.25, -0.2) is 0 Å². The molecule has 0 bridgehead atoms. The molecule has 0 aliphatic heterocycles. The smallest absolute Gasteiger partial charge is 0.435 e. The lowest BCUT2D eigenvalue weighted by Gasteiger charge is -2.43. The van der Waals surface area contributed by atoms with Crippen LogP contribution in [0.15, 0.2) is 12.8 Å². The zero-order chi connectivity index (χ0) is 19.9. The first kappa shape index (κ1) is 25.0. The Bertz CT molecular complexity index is 394. The molecule has 0 aromatic carbocycles. The Kier molecular flexibility index (Phi) is 9.75. The Balaban J connectivity index is 5.23. The lowest BCUT2D eigenvalue weighted by molar-refractivity contribution is -0.138. The quantitative estimate of drug-likeness (QED) is 0.184. The summed E-state index contributed by atoms with van der Waals surface area (Å²) in [6.07, 6.45) is 3.13. The van der Waals surface area contributed by atoms with E-state index in [1.165, 1.54) is 6.26 Å². The summed E-state index contributed by atoms with van der Waals surface area (Å²) in [5.74, 6) is -0.245. The fourth-order valence-electron chi connectivity index (χ4n) is 2.38. The van der Waals surface area contributed by atoms with Crippen LogP contribution >= 0.6 is 0 Å². The Morgan fingerprint density at radius 2 is 1.20 bits per heavy atom. The first-order valence-corrected chi connectivity index (χ1v) is 21.1. The third kappa shape index (κ3) is 13.8. The van der Waals surface area contributed by atoms with Crippen LogP contribution in [0.4, 0.5) is 0 Å². The molecule has 0 N–H and O–H groups in total. The molecule has 9 heteroatoms. The first-order valence-electron chi connectivity index (χ1n) is 8.98. The predicted molar refractivity (Wildman–Crippen MR) is 114 cm³/mol. The minimum atomic E-state index is -2.78. The van der Waals surface area contributed by atoms with E-state index >= 15 is 0 Å². The zero-order valence-electron chi connectivity index (χ0n) is 17.7. The van der Waals surface area contributed by atoms with Gasteiger partial charge >= 0.3 is 14.8 Å². The van der Waals surface area contributed by atoms with E-state index in [-0.39, 0.29) is 5.97 Å². The van der Waals surface area contributed by atoms with Gasteiger partial charge in [0.25, 0.3) is 0 Å². The van der Waals surface area contributed by atoms with Gasteiger partial charge in [-0.1, -0.05) is 6.58 Å². The van der Waals surface area contributed by atoms with E-state index in [0.717, 1.165) is 18.9 Å². The fraction of sp³-hybridized carbons (Fsp3) is 0.812. The molecule has 0 atom stereocenters. The van der Waals surface area contributed by atoms with E-state index in [4.69, 9.17) is 17.1 Å². The molecular formula is C16H38O5Si4. The predicted octanol–water partition coefficient (Wildman–Crippen LogP) is 5.34. The molecule has 0 saturated heterocycles. The van der Waals surface area contributed by atoms with Crippen molar-refractivity contribution >= 4 is 39.7 Å². The molecular weight excluding hydrogens is 385 g/mol. The number of esters is 1. The van der Waals surface area contributed by atoms with Gasteiger partial charge in [0, 0.05) is 12.5 Å². The van der Waals surface area contributed by atoms with Gasteiger partial charge in [0.05, 0.1) is 6.26 Å². The highest BCUT2D eigenvalue weighted by atomic mass is 28.5. The molecule has 0 rings (SSSR count). The maximum absolute atomic E-state index is 11.5. The maximum Gasteiger partial charge on any atom is 0.469 e. The van der Waals surface area contributed by atoms with Crippen LogP contribution in [0.3, 0.4) is 0 Å². The van der Waals surface area contributed by atoms with Gasteiger partial charge in [-0.05, 0) is 71.8 Å². The van der Waals surface area contributed by atoms with Gasteiger partial charge in [-0.15, -0.1) is 0 Å². The number of unbranched alkanes of at least 4 members (excludes halogenated alkanes) is 1. The molecule has 148 valence electrons. The van der Waals surface area contributed by atoms with Crippen molar-refractivity contribution in [1.82, 2.24) is 0 Å². The lowest BCUT2D eigenvalue weighted by atomic mass is 10.2. The van der Waals surface area contributed by atoms with Crippen LogP contribution in [0.2, 0.25) is 65.0 Å². The van der Waals surface area contributed by atoms with Crippen LogP contribution in [0.5, 0.6) is 0 Å². The van der Waals surface area contributed by atoms with E-state index < -0.39 is 33.8 Å². The first-order chi connectivity index (χ1) is 11.1. The average molecular weight is 423 g/mol. The molecule has 0 unspecified atom stereocenters. The molecule has 0 aliphatic rings. The van der Waals surface area contributed by atoms with Crippen molar-refractivity contribution < 1.29 is 21.9 Å². The van der Waals surface area contributed by atoms with Gasteiger partial charge in [0.1, 0.15) is 0 Å². The van der Waals surface area contributed by atoms with E-state index in [9.17, 15) is 4.79 Å². The second kappa shape index (κ2) is 9.77. The lowest BCUT2D eigenvalue weighted by Crippen LogP contribution is -2.60. The summed E-state index contributed by atoms with van der Waals surface area (Å²) < 4.78 is 24.6. The van der Waals surface area contributed by atoms with Gasteiger partial charge in [-0.2, -0.15) is 0 Å². The third-order valence-corrected chi connectivity index (χ3v) is 14.8. The van der Waals surface area contributed by atoms with Gasteiger partial charge in [0.2, 0.25) is 0 Å². The summed E-state index contributed by atoms with van der Waals surface area (Å²) in [5, 5.41) is 0. The van der Waals surface area contributed by atoms with Crippen molar-refractivity contribution in [2.45, 2.75) is 84.2 Å². The summed E-state index contributed by atoms with van der Waals surface area (Å²) in [7, 11) is -8.29.